The molecule has 0 saturated carbocycles. The van der Waals surface area contributed by atoms with Gasteiger partial charge >= 0.3 is 0 Å². The number of carbonyl (C=O) groups excluding carboxylic acids is 1. The first kappa shape index (κ1) is 19.5. The molecule has 0 bridgehead atoms. The van der Waals surface area contributed by atoms with E-state index in [0.29, 0.717) is 18.7 Å². The molecule has 0 unspecified atom stereocenters. The highest BCUT2D eigenvalue weighted by molar-refractivity contribution is 5.91. The Morgan fingerprint density at radius 3 is 2.78 bits per heavy atom. The summed E-state index contributed by atoms with van der Waals surface area (Å²) in [6, 6.07) is 6.94. The molecule has 2 N–H and O–H groups in total. The van der Waals surface area contributed by atoms with Gasteiger partial charge in [-0.1, -0.05) is 29.0 Å². The predicted octanol–water partition coefficient (Wildman–Crippen LogP) is 1.84. The molecule has 1 aromatic carbocycles. The fourth-order valence-electron chi connectivity index (χ4n) is 3.54. The summed E-state index contributed by atoms with van der Waals surface area (Å²) < 4.78 is 1.83. The van der Waals surface area contributed by atoms with Crippen LogP contribution < -0.4 is 5.32 Å². The lowest BCUT2D eigenvalue weighted by Crippen LogP contribution is -2.34. The fraction of sp³-hybridized carbons (Fsp3) is 0.550. The molecule has 1 saturated heterocycles. The third-order valence-corrected chi connectivity index (χ3v) is 5.19. The van der Waals surface area contributed by atoms with Crippen LogP contribution in [-0.4, -0.2) is 57.1 Å². The van der Waals surface area contributed by atoms with E-state index < -0.39 is 0 Å². The van der Waals surface area contributed by atoms with E-state index >= 15 is 0 Å². The van der Waals surface area contributed by atoms with Gasteiger partial charge in [-0.3, -0.25) is 9.69 Å². The average Bonchev–Trinajstić information content (AvgIpc) is 3.15. The second kappa shape index (κ2) is 9.10. The van der Waals surface area contributed by atoms with Crippen LogP contribution in [0.2, 0.25) is 0 Å². The van der Waals surface area contributed by atoms with Gasteiger partial charge < -0.3 is 10.4 Å². The normalized spacial score (nSPS) is 15.8. The summed E-state index contributed by atoms with van der Waals surface area (Å²) >= 11 is 0. The number of hydrogen-bond donors (Lipinski definition) is 2. The van der Waals surface area contributed by atoms with Crippen molar-refractivity contribution in [3.05, 3.63) is 46.8 Å². The van der Waals surface area contributed by atoms with Crippen molar-refractivity contribution in [2.45, 2.75) is 45.7 Å². The quantitative estimate of drug-likeness (QED) is 0.726. The number of amides is 1. The van der Waals surface area contributed by atoms with Gasteiger partial charge in [0.2, 0.25) is 0 Å². The zero-order valence-electron chi connectivity index (χ0n) is 16.2. The smallest absolute Gasteiger partial charge is 0.273 e. The Labute approximate surface area is 160 Å². The number of aliphatic hydroxyl groups is 1. The number of benzene rings is 1. The van der Waals surface area contributed by atoms with Gasteiger partial charge in [-0.25, -0.2) is 4.68 Å². The number of likely N-dealkylation sites (tertiary alicyclic amines) is 1. The SMILES string of the molecule is Cc1ccc(CN2CCC(n3cc(C(=O)NCCCO)nn3)CC2)c(C)c1. The maximum Gasteiger partial charge on any atom is 0.273 e. The molecule has 0 radical (unpaired) electrons. The second-order valence-electron chi connectivity index (χ2n) is 7.35. The largest absolute Gasteiger partial charge is 0.396 e. The van der Waals surface area contributed by atoms with Crippen LogP contribution in [0, 0.1) is 13.8 Å². The van der Waals surface area contributed by atoms with Crippen LogP contribution in [0.1, 0.15) is 52.5 Å². The van der Waals surface area contributed by atoms with E-state index in [4.69, 9.17) is 5.11 Å². The van der Waals surface area contributed by atoms with Gasteiger partial charge in [-0.05, 0) is 44.2 Å². The fourth-order valence-corrected chi connectivity index (χ4v) is 3.54. The summed E-state index contributed by atoms with van der Waals surface area (Å²) in [6.45, 7) is 7.81. The highest BCUT2D eigenvalue weighted by Gasteiger charge is 2.23. The van der Waals surface area contributed by atoms with Crippen molar-refractivity contribution in [1.29, 1.82) is 0 Å². The monoisotopic (exact) mass is 371 g/mol. The molecule has 7 nitrogen and oxygen atoms in total. The van der Waals surface area contributed by atoms with Crippen molar-refractivity contribution >= 4 is 5.91 Å². The van der Waals surface area contributed by atoms with Crippen LogP contribution in [-0.2, 0) is 6.54 Å². The molecule has 0 atom stereocenters. The van der Waals surface area contributed by atoms with Crippen LogP contribution in [0.4, 0.5) is 0 Å². The van der Waals surface area contributed by atoms with Crippen LogP contribution in [0.25, 0.3) is 0 Å². The minimum Gasteiger partial charge on any atom is -0.396 e. The van der Waals surface area contributed by atoms with Gasteiger partial charge in [-0.2, -0.15) is 0 Å². The van der Waals surface area contributed by atoms with Crippen LogP contribution in [0.3, 0.4) is 0 Å². The minimum absolute atomic E-state index is 0.0632. The number of aliphatic hydroxyl groups excluding tert-OH is 1. The van der Waals surface area contributed by atoms with Crippen molar-refractivity contribution in [2.75, 3.05) is 26.2 Å². The molecule has 1 aliphatic heterocycles. The van der Waals surface area contributed by atoms with Gasteiger partial charge in [0, 0.05) is 32.8 Å². The van der Waals surface area contributed by atoms with Gasteiger partial charge in [0.1, 0.15) is 0 Å². The molecule has 1 aliphatic rings. The predicted molar refractivity (Wildman–Crippen MR) is 104 cm³/mol. The summed E-state index contributed by atoms with van der Waals surface area (Å²) in [7, 11) is 0. The zero-order chi connectivity index (χ0) is 19.2. The van der Waals surface area contributed by atoms with Crippen LogP contribution >= 0.6 is 0 Å². The average molecular weight is 371 g/mol. The molecular formula is C20H29N5O2. The van der Waals surface area contributed by atoms with Crippen molar-refractivity contribution in [3.63, 3.8) is 0 Å². The Balaban J connectivity index is 1.51. The minimum atomic E-state index is -0.234. The molecule has 2 aromatic rings. The van der Waals surface area contributed by atoms with Gasteiger partial charge in [-0.15, -0.1) is 5.10 Å². The Morgan fingerprint density at radius 2 is 2.07 bits per heavy atom. The molecule has 1 amide bonds. The molecular weight excluding hydrogens is 342 g/mol. The number of nitrogens with zero attached hydrogens (tertiary/aromatic N) is 4. The summed E-state index contributed by atoms with van der Waals surface area (Å²) in [4.78, 5) is 14.5. The Morgan fingerprint density at radius 1 is 1.30 bits per heavy atom. The Kier molecular flexibility index (Phi) is 6.58. The zero-order valence-corrected chi connectivity index (χ0v) is 16.2. The molecule has 0 aliphatic carbocycles. The van der Waals surface area contributed by atoms with E-state index in [-0.39, 0.29) is 18.6 Å². The van der Waals surface area contributed by atoms with Crippen molar-refractivity contribution in [2.24, 2.45) is 0 Å². The highest BCUT2D eigenvalue weighted by Crippen LogP contribution is 2.23. The van der Waals surface area contributed by atoms with E-state index in [0.717, 1.165) is 32.5 Å². The molecule has 146 valence electrons. The lowest BCUT2D eigenvalue weighted by Gasteiger charge is -2.32. The van der Waals surface area contributed by atoms with Crippen LogP contribution in [0.5, 0.6) is 0 Å². The standard InChI is InChI=1S/C20H29N5O2/c1-15-4-5-17(16(2)12-15)13-24-9-6-18(7-10-24)25-14-19(22-23-25)20(27)21-8-3-11-26/h4-5,12,14,18,26H,3,6-11,13H2,1-2H3,(H,21,27). The van der Waals surface area contributed by atoms with E-state index in [1.807, 2.05) is 4.68 Å². The third-order valence-electron chi connectivity index (χ3n) is 5.19. The summed E-state index contributed by atoms with van der Waals surface area (Å²) in [5.41, 5.74) is 4.38. The number of carbonyl (C=O) groups is 1. The van der Waals surface area contributed by atoms with E-state index in [9.17, 15) is 4.79 Å². The number of aryl methyl sites for hydroxylation is 2. The third kappa shape index (κ3) is 5.14. The maximum atomic E-state index is 12.0. The first-order chi connectivity index (χ1) is 13.1. The van der Waals surface area contributed by atoms with Gasteiger partial charge in [0.15, 0.2) is 5.69 Å². The number of nitrogens with one attached hydrogen (secondary N) is 1. The maximum absolute atomic E-state index is 12.0. The summed E-state index contributed by atoms with van der Waals surface area (Å²) in [5, 5.41) is 19.7. The van der Waals surface area contributed by atoms with Crippen molar-refractivity contribution in [1.82, 2.24) is 25.2 Å². The lowest BCUT2D eigenvalue weighted by atomic mass is 10.0. The number of piperidine rings is 1. The molecule has 3 rings (SSSR count). The molecule has 2 heterocycles. The molecule has 27 heavy (non-hydrogen) atoms. The van der Waals surface area contributed by atoms with Crippen LogP contribution in [0.15, 0.2) is 24.4 Å². The number of aromatic nitrogens is 3. The Bertz CT molecular complexity index is 765. The first-order valence-electron chi connectivity index (χ1n) is 9.66. The summed E-state index contributed by atoms with van der Waals surface area (Å²) in [5.74, 6) is -0.234. The second-order valence-corrected chi connectivity index (χ2v) is 7.35. The summed E-state index contributed by atoms with van der Waals surface area (Å²) in [6.07, 6.45) is 4.28. The molecule has 0 spiro atoms. The van der Waals surface area contributed by atoms with Crippen molar-refractivity contribution in [3.8, 4) is 0 Å². The van der Waals surface area contributed by atoms with Gasteiger partial charge in [0.05, 0.1) is 12.2 Å². The van der Waals surface area contributed by atoms with E-state index in [2.05, 4.69) is 52.6 Å². The highest BCUT2D eigenvalue weighted by atomic mass is 16.3. The molecule has 1 aromatic heterocycles. The topological polar surface area (TPSA) is 83.3 Å². The molecule has 1 fully saturated rings. The molecule has 7 heteroatoms. The van der Waals surface area contributed by atoms with Crippen molar-refractivity contribution < 1.29 is 9.90 Å². The lowest BCUT2D eigenvalue weighted by molar-refractivity contribution is 0.0946. The number of hydrogen-bond acceptors (Lipinski definition) is 5. The van der Waals surface area contributed by atoms with Gasteiger partial charge in [0.25, 0.3) is 5.91 Å². The number of rotatable bonds is 7. The Hall–Kier alpha value is -2.25. The van der Waals surface area contributed by atoms with E-state index in [1.54, 1.807) is 6.20 Å². The van der Waals surface area contributed by atoms with E-state index in [1.165, 1.54) is 16.7 Å². The first-order valence-corrected chi connectivity index (χ1v) is 9.66.